The number of carbonyl (C=O) groups excluding carboxylic acids is 2. The van der Waals surface area contributed by atoms with Crippen LogP contribution in [0.2, 0.25) is 0 Å². The molecule has 0 saturated heterocycles. The summed E-state index contributed by atoms with van der Waals surface area (Å²) in [6, 6.07) is 23.5. The van der Waals surface area contributed by atoms with E-state index in [4.69, 9.17) is 9.84 Å². The van der Waals surface area contributed by atoms with E-state index >= 15 is 0 Å². The Bertz CT molecular complexity index is 1190. The van der Waals surface area contributed by atoms with Gasteiger partial charge in [0.05, 0.1) is 11.8 Å². The van der Waals surface area contributed by atoms with Gasteiger partial charge in [0.15, 0.2) is 6.61 Å². The molecule has 1 aliphatic heterocycles. The lowest BCUT2D eigenvalue weighted by Crippen LogP contribution is -2.34. The Morgan fingerprint density at radius 2 is 1.79 bits per heavy atom. The van der Waals surface area contributed by atoms with Crippen LogP contribution in [-0.2, 0) is 9.53 Å². The van der Waals surface area contributed by atoms with Crippen LogP contribution in [0.1, 0.15) is 46.1 Å². The molecule has 0 spiro atoms. The van der Waals surface area contributed by atoms with E-state index < -0.39 is 5.97 Å². The lowest BCUT2D eigenvalue weighted by atomic mass is 9.77. The number of esters is 1. The second-order valence-corrected chi connectivity index (χ2v) is 9.16. The summed E-state index contributed by atoms with van der Waals surface area (Å²) in [5.74, 6) is -0.675. The van der Waals surface area contributed by atoms with Crippen LogP contribution in [0.25, 0.3) is 6.08 Å². The fourth-order valence-corrected chi connectivity index (χ4v) is 5.22. The molecular weight excluding hydrogens is 432 g/mol. The molecule has 2 atom stereocenters. The highest BCUT2D eigenvalue weighted by molar-refractivity contribution is 7.11. The Balaban J connectivity index is 1.44. The van der Waals surface area contributed by atoms with Crippen LogP contribution in [0.3, 0.4) is 0 Å². The van der Waals surface area contributed by atoms with Crippen LogP contribution in [0, 0.1) is 5.92 Å². The standard InChI is InChI=1S/C27H24N2O3S/c30-24(18-32-27(31)23-15-8-16-33-23)29-26(20-11-5-2-6-12-20)22-14-7-13-21(25(22)28-29)17-19-9-3-1-4-10-19/h1-6,8-12,15-17,22,26H,7,13-14,18H2/b21-17-/t22-,26-/m0/s1. The molecule has 6 heteroatoms. The SMILES string of the molecule is O=C(OCC(=O)N1N=C2/C(=C\c3ccccc3)CCC[C@@H]2[C@@H]1c1ccccc1)c1cccs1. The quantitative estimate of drug-likeness (QED) is 0.461. The van der Waals surface area contributed by atoms with Gasteiger partial charge in [0.25, 0.3) is 5.91 Å². The van der Waals surface area contributed by atoms with E-state index in [0.717, 1.165) is 36.1 Å². The van der Waals surface area contributed by atoms with Crippen molar-refractivity contribution in [1.82, 2.24) is 5.01 Å². The van der Waals surface area contributed by atoms with Crippen molar-refractivity contribution < 1.29 is 14.3 Å². The number of thiophene rings is 1. The van der Waals surface area contributed by atoms with Crippen molar-refractivity contribution in [3.05, 3.63) is 99.8 Å². The molecule has 2 aromatic carbocycles. The number of hydrogen-bond acceptors (Lipinski definition) is 5. The topological polar surface area (TPSA) is 59.0 Å². The monoisotopic (exact) mass is 456 g/mol. The van der Waals surface area contributed by atoms with Gasteiger partial charge in [-0.2, -0.15) is 5.10 Å². The normalized spacial score (nSPS) is 20.9. The van der Waals surface area contributed by atoms with E-state index in [1.165, 1.54) is 16.9 Å². The zero-order chi connectivity index (χ0) is 22.6. The molecule has 1 amide bonds. The number of amides is 1. The molecular formula is C27H24N2O3S. The first-order chi connectivity index (χ1) is 16.2. The predicted octanol–water partition coefficient (Wildman–Crippen LogP) is 5.73. The Morgan fingerprint density at radius 1 is 1.03 bits per heavy atom. The summed E-state index contributed by atoms with van der Waals surface area (Å²) in [5, 5.41) is 8.18. The van der Waals surface area contributed by atoms with Crippen LogP contribution in [-0.4, -0.2) is 29.2 Å². The second kappa shape index (κ2) is 9.55. The fourth-order valence-electron chi connectivity index (χ4n) is 4.60. The Morgan fingerprint density at radius 3 is 2.52 bits per heavy atom. The zero-order valence-electron chi connectivity index (χ0n) is 18.1. The van der Waals surface area contributed by atoms with E-state index in [0.29, 0.717) is 4.88 Å². The van der Waals surface area contributed by atoms with Gasteiger partial charge in [0.1, 0.15) is 4.88 Å². The van der Waals surface area contributed by atoms with Crippen LogP contribution < -0.4 is 0 Å². The first-order valence-electron chi connectivity index (χ1n) is 11.1. The van der Waals surface area contributed by atoms with Crippen molar-refractivity contribution >= 4 is 35.0 Å². The Hall–Kier alpha value is -3.51. The van der Waals surface area contributed by atoms with E-state index in [1.807, 2.05) is 53.9 Å². The maximum absolute atomic E-state index is 13.2. The van der Waals surface area contributed by atoms with Crippen LogP contribution in [0.4, 0.5) is 0 Å². The summed E-state index contributed by atoms with van der Waals surface area (Å²) in [5.41, 5.74) is 4.31. The molecule has 5 nitrogen and oxygen atoms in total. The first-order valence-corrected chi connectivity index (χ1v) is 12.0. The molecule has 0 unspecified atom stereocenters. The summed E-state index contributed by atoms with van der Waals surface area (Å²) < 4.78 is 5.32. The maximum atomic E-state index is 13.2. The number of hydrazone groups is 1. The van der Waals surface area contributed by atoms with Crippen molar-refractivity contribution in [1.29, 1.82) is 0 Å². The van der Waals surface area contributed by atoms with Gasteiger partial charge >= 0.3 is 5.97 Å². The smallest absolute Gasteiger partial charge is 0.348 e. The van der Waals surface area contributed by atoms with Crippen molar-refractivity contribution in [2.45, 2.75) is 25.3 Å². The summed E-state index contributed by atoms with van der Waals surface area (Å²) in [7, 11) is 0. The minimum absolute atomic E-state index is 0.119. The summed E-state index contributed by atoms with van der Waals surface area (Å²) >= 11 is 1.30. The molecule has 5 rings (SSSR count). The van der Waals surface area contributed by atoms with E-state index in [9.17, 15) is 9.59 Å². The largest absolute Gasteiger partial charge is 0.451 e. The Kier molecular flexibility index (Phi) is 6.17. The van der Waals surface area contributed by atoms with E-state index in [1.54, 1.807) is 17.1 Å². The highest BCUT2D eigenvalue weighted by Crippen LogP contribution is 2.44. The molecule has 0 radical (unpaired) electrons. The average Bonchev–Trinajstić information content (AvgIpc) is 3.53. The van der Waals surface area contributed by atoms with Gasteiger partial charge in [-0.25, -0.2) is 9.80 Å². The molecule has 1 aliphatic carbocycles. The lowest BCUT2D eigenvalue weighted by Gasteiger charge is -2.29. The third kappa shape index (κ3) is 4.52. The number of benzene rings is 2. The molecule has 2 heterocycles. The van der Waals surface area contributed by atoms with Crippen molar-refractivity contribution in [3.8, 4) is 0 Å². The van der Waals surface area contributed by atoms with Crippen LogP contribution >= 0.6 is 11.3 Å². The van der Waals surface area contributed by atoms with E-state index in [2.05, 4.69) is 18.2 Å². The summed E-state index contributed by atoms with van der Waals surface area (Å²) in [4.78, 5) is 26.0. The zero-order valence-corrected chi connectivity index (χ0v) is 18.9. The molecule has 1 fully saturated rings. The molecule has 1 aromatic heterocycles. The molecule has 166 valence electrons. The first kappa shape index (κ1) is 21.3. The number of rotatable bonds is 5. The van der Waals surface area contributed by atoms with Crippen molar-refractivity contribution in [2.24, 2.45) is 11.0 Å². The molecule has 2 aliphatic rings. The van der Waals surface area contributed by atoms with Crippen molar-refractivity contribution in [2.75, 3.05) is 6.61 Å². The number of ether oxygens (including phenoxy) is 1. The fraction of sp³-hybridized carbons (Fsp3) is 0.222. The Labute approximate surface area is 197 Å². The van der Waals surface area contributed by atoms with Gasteiger partial charge in [-0.1, -0.05) is 66.7 Å². The summed E-state index contributed by atoms with van der Waals surface area (Å²) in [6.07, 6.45) is 5.11. The minimum Gasteiger partial charge on any atom is -0.451 e. The average molecular weight is 457 g/mol. The van der Waals surface area contributed by atoms with Crippen LogP contribution in [0.5, 0.6) is 0 Å². The number of fused-ring (bicyclic) bond motifs is 1. The molecule has 3 aromatic rings. The third-order valence-corrected chi connectivity index (χ3v) is 6.94. The molecule has 1 saturated carbocycles. The maximum Gasteiger partial charge on any atom is 0.348 e. The van der Waals surface area contributed by atoms with Crippen molar-refractivity contribution in [3.63, 3.8) is 0 Å². The van der Waals surface area contributed by atoms with Gasteiger partial charge in [-0.3, -0.25) is 4.79 Å². The van der Waals surface area contributed by atoms with Gasteiger partial charge in [0.2, 0.25) is 0 Å². The van der Waals surface area contributed by atoms with Gasteiger partial charge < -0.3 is 4.74 Å². The number of carbonyl (C=O) groups is 2. The lowest BCUT2D eigenvalue weighted by molar-refractivity contribution is -0.137. The van der Waals surface area contributed by atoms with Gasteiger partial charge in [-0.15, -0.1) is 11.3 Å². The molecule has 0 bridgehead atoms. The highest BCUT2D eigenvalue weighted by Gasteiger charge is 2.43. The van der Waals surface area contributed by atoms with Gasteiger partial charge in [-0.05, 0) is 53.5 Å². The predicted molar refractivity (Wildman–Crippen MR) is 130 cm³/mol. The molecule has 0 N–H and O–H groups in total. The summed E-state index contributed by atoms with van der Waals surface area (Å²) in [6.45, 7) is -0.332. The third-order valence-electron chi connectivity index (χ3n) is 6.09. The van der Waals surface area contributed by atoms with Gasteiger partial charge in [0, 0.05) is 5.92 Å². The minimum atomic E-state index is -0.483. The second-order valence-electron chi connectivity index (χ2n) is 8.21. The number of hydrogen-bond donors (Lipinski definition) is 0. The highest BCUT2D eigenvalue weighted by atomic mass is 32.1. The van der Waals surface area contributed by atoms with Crippen LogP contribution in [0.15, 0.2) is 88.9 Å². The van der Waals surface area contributed by atoms with E-state index in [-0.39, 0.29) is 24.5 Å². The number of allylic oxidation sites excluding steroid dienone is 1. The number of nitrogens with zero attached hydrogens (tertiary/aromatic N) is 2. The molecule has 33 heavy (non-hydrogen) atoms.